The molecule has 1 saturated heterocycles. The van der Waals surface area contributed by atoms with Crippen molar-refractivity contribution in [2.45, 2.75) is 19.8 Å². The summed E-state index contributed by atoms with van der Waals surface area (Å²) in [5.41, 5.74) is 1.24. The number of rotatable bonds is 6. The second-order valence-corrected chi connectivity index (χ2v) is 6.03. The van der Waals surface area contributed by atoms with Crippen molar-refractivity contribution >= 4 is 23.5 Å². The van der Waals surface area contributed by atoms with Crippen LogP contribution in [0.15, 0.2) is 35.9 Å². The largest absolute Gasteiger partial charge is 0.462 e. The maximum atomic E-state index is 12.0. The topological polar surface area (TPSA) is 72.9 Å². The van der Waals surface area contributed by atoms with E-state index in [2.05, 4.69) is 0 Å². The zero-order valence-corrected chi connectivity index (χ0v) is 13.5. The average molecular weight is 329 g/mol. The van der Waals surface area contributed by atoms with Gasteiger partial charge >= 0.3 is 5.97 Å². The normalized spacial score (nSPS) is 17.7. The SMILES string of the molecule is CC1=CC(=O)N(c2ccc(C(=O)OCCCC3COC3)cc2)C1=O. The Balaban J connectivity index is 1.53. The predicted molar refractivity (Wildman–Crippen MR) is 86.5 cm³/mol. The molecule has 2 amide bonds. The van der Waals surface area contributed by atoms with E-state index in [0.29, 0.717) is 29.3 Å². The summed E-state index contributed by atoms with van der Waals surface area (Å²) in [5, 5.41) is 0. The van der Waals surface area contributed by atoms with Gasteiger partial charge in [0.1, 0.15) is 0 Å². The van der Waals surface area contributed by atoms with Crippen LogP contribution in [0.3, 0.4) is 0 Å². The fourth-order valence-corrected chi connectivity index (χ4v) is 2.65. The number of carbonyl (C=O) groups is 3. The second-order valence-electron chi connectivity index (χ2n) is 6.03. The molecule has 0 atom stereocenters. The minimum absolute atomic E-state index is 0.338. The fraction of sp³-hybridized carbons (Fsp3) is 0.389. The minimum Gasteiger partial charge on any atom is -0.462 e. The van der Waals surface area contributed by atoms with Crippen molar-refractivity contribution in [2.24, 2.45) is 5.92 Å². The van der Waals surface area contributed by atoms with E-state index in [4.69, 9.17) is 9.47 Å². The Morgan fingerprint density at radius 2 is 1.96 bits per heavy atom. The summed E-state index contributed by atoms with van der Waals surface area (Å²) in [7, 11) is 0. The molecule has 126 valence electrons. The zero-order chi connectivity index (χ0) is 17.1. The summed E-state index contributed by atoms with van der Waals surface area (Å²) in [4.78, 5) is 36.8. The molecule has 24 heavy (non-hydrogen) atoms. The minimum atomic E-state index is -0.403. The first-order valence-corrected chi connectivity index (χ1v) is 7.98. The number of ether oxygens (including phenoxy) is 2. The molecule has 1 fully saturated rings. The second kappa shape index (κ2) is 6.97. The van der Waals surface area contributed by atoms with Crippen molar-refractivity contribution in [3.05, 3.63) is 41.5 Å². The van der Waals surface area contributed by atoms with Crippen LogP contribution < -0.4 is 4.90 Å². The number of carbonyl (C=O) groups excluding carboxylic acids is 3. The molecule has 1 aromatic carbocycles. The van der Waals surface area contributed by atoms with E-state index in [1.807, 2.05) is 0 Å². The van der Waals surface area contributed by atoms with Crippen LogP contribution in [0.4, 0.5) is 5.69 Å². The van der Waals surface area contributed by atoms with Crippen LogP contribution in [0.2, 0.25) is 0 Å². The Labute approximate surface area is 140 Å². The van der Waals surface area contributed by atoms with Gasteiger partial charge in [-0.1, -0.05) is 0 Å². The fourth-order valence-electron chi connectivity index (χ4n) is 2.65. The molecule has 1 aromatic rings. The first-order valence-electron chi connectivity index (χ1n) is 7.98. The monoisotopic (exact) mass is 329 g/mol. The Morgan fingerprint density at radius 1 is 1.25 bits per heavy atom. The quantitative estimate of drug-likeness (QED) is 0.454. The molecule has 6 nitrogen and oxygen atoms in total. The van der Waals surface area contributed by atoms with Crippen LogP contribution in [0.5, 0.6) is 0 Å². The molecule has 0 saturated carbocycles. The molecule has 0 N–H and O–H groups in total. The summed E-state index contributed by atoms with van der Waals surface area (Å²) < 4.78 is 10.3. The van der Waals surface area contributed by atoms with Crippen LogP contribution in [0.1, 0.15) is 30.1 Å². The van der Waals surface area contributed by atoms with E-state index >= 15 is 0 Å². The van der Waals surface area contributed by atoms with E-state index in [-0.39, 0.29) is 11.8 Å². The molecule has 0 aliphatic carbocycles. The van der Waals surface area contributed by atoms with Gasteiger partial charge in [0.2, 0.25) is 0 Å². The van der Waals surface area contributed by atoms with Crippen LogP contribution in [0.25, 0.3) is 0 Å². The van der Waals surface area contributed by atoms with Gasteiger partial charge in [-0.05, 0) is 44.0 Å². The van der Waals surface area contributed by atoms with E-state index in [1.165, 1.54) is 6.08 Å². The van der Waals surface area contributed by atoms with Crippen molar-refractivity contribution in [2.75, 3.05) is 24.7 Å². The highest BCUT2D eigenvalue weighted by Gasteiger charge is 2.29. The summed E-state index contributed by atoms with van der Waals surface area (Å²) in [6.45, 7) is 3.58. The number of benzene rings is 1. The number of amides is 2. The van der Waals surface area contributed by atoms with Crippen molar-refractivity contribution in [3.63, 3.8) is 0 Å². The molecule has 2 aliphatic heterocycles. The molecular formula is C18H19NO5. The molecule has 0 bridgehead atoms. The van der Waals surface area contributed by atoms with Gasteiger partial charge in [0.05, 0.1) is 31.1 Å². The zero-order valence-electron chi connectivity index (χ0n) is 13.5. The highest BCUT2D eigenvalue weighted by Crippen LogP contribution is 2.23. The van der Waals surface area contributed by atoms with E-state index < -0.39 is 5.97 Å². The number of hydrogen-bond acceptors (Lipinski definition) is 5. The Hall–Kier alpha value is -2.47. The number of esters is 1. The number of nitrogens with zero attached hydrogens (tertiary/aromatic N) is 1. The standard InChI is InChI=1S/C18H19NO5/c1-12-9-16(20)19(17(12)21)15-6-4-14(5-7-15)18(22)24-8-2-3-13-10-23-11-13/h4-7,9,13H,2-3,8,10-11H2,1H3. The Kier molecular flexibility index (Phi) is 4.76. The van der Waals surface area contributed by atoms with Gasteiger partial charge in [-0.15, -0.1) is 0 Å². The number of anilines is 1. The van der Waals surface area contributed by atoms with Gasteiger partial charge in [-0.2, -0.15) is 0 Å². The third-order valence-electron chi connectivity index (χ3n) is 4.16. The Bertz CT molecular complexity index is 688. The van der Waals surface area contributed by atoms with Crippen LogP contribution in [-0.2, 0) is 19.1 Å². The first kappa shape index (κ1) is 16.4. The van der Waals surface area contributed by atoms with Gasteiger partial charge in [0, 0.05) is 17.6 Å². The van der Waals surface area contributed by atoms with Crippen molar-refractivity contribution in [3.8, 4) is 0 Å². The predicted octanol–water partition coefficient (Wildman–Crippen LogP) is 2.09. The molecule has 0 spiro atoms. The summed E-state index contributed by atoms with van der Waals surface area (Å²) in [5.74, 6) is -0.515. The van der Waals surface area contributed by atoms with Crippen LogP contribution in [-0.4, -0.2) is 37.6 Å². The lowest BCUT2D eigenvalue weighted by Crippen LogP contribution is -2.30. The van der Waals surface area contributed by atoms with Gasteiger partial charge in [-0.25, -0.2) is 9.69 Å². The van der Waals surface area contributed by atoms with E-state index in [9.17, 15) is 14.4 Å². The van der Waals surface area contributed by atoms with Crippen LogP contribution in [0, 0.1) is 5.92 Å². The van der Waals surface area contributed by atoms with Crippen LogP contribution >= 0.6 is 0 Å². The lowest BCUT2D eigenvalue weighted by molar-refractivity contribution is -0.120. The molecule has 0 unspecified atom stereocenters. The smallest absolute Gasteiger partial charge is 0.338 e. The molecule has 6 heteroatoms. The lowest BCUT2D eigenvalue weighted by Gasteiger charge is -2.25. The summed E-state index contributed by atoms with van der Waals surface area (Å²) in [6.07, 6.45) is 3.12. The van der Waals surface area contributed by atoms with E-state index in [0.717, 1.165) is 31.0 Å². The molecule has 2 heterocycles. The first-order chi connectivity index (χ1) is 11.6. The van der Waals surface area contributed by atoms with Crippen molar-refractivity contribution < 1.29 is 23.9 Å². The maximum absolute atomic E-state index is 12.0. The van der Waals surface area contributed by atoms with Gasteiger partial charge in [-0.3, -0.25) is 9.59 Å². The number of hydrogen-bond donors (Lipinski definition) is 0. The third-order valence-corrected chi connectivity index (χ3v) is 4.16. The molecule has 0 radical (unpaired) electrons. The highest BCUT2D eigenvalue weighted by atomic mass is 16.5. The maximum Gasteiger partial charge on any atom is 0.338 e. The molecule has 3 rings (SSSR count). The lowest BCUT2D eigenvalue weighted by atomic mass is 10.0. The molecular weight excluding hydrogens is 310 g/mol. The Morgan fingerprint density at radius 3 is 2.50 bits per heavy atom. The van der Waals surface area contributed by atoms with Gasteiger partial charge in [0.25, 0.3) is 11.8 Å². The summed E-state index contributed by atoms with van der Waals surface area (Å²) >= 11 is 0. The van der Waals surface area contributed by atoms with Gasteiger partial charge < -0.3 is 9.47 Å². The van der Waals surface area contributed by atoms with Crippen molar-refractivity contribution in [1.82, 2.24) is 0 Å². The molecule has 2 aliphatic rings. The number of imide groups is 1. The molecule has 0 aromatic heterocycles. The summed E-state index contributed by atoms with van der Waals surface area (Å²) in [6, 6.07) is 6.27. The van der Waals surface area contributed by atoms with Gasteiger partial charge in [0.15, 0.2) is 0 Å². The highest BCUT2D eigenvalue weighted by molar-refractivity contribution is 6.30. The average Bonchev–Trinajstić information content (AvgIpc) is 2.78. The van der Waals surface area contributed by atoms with E-state index in [1.54, 1.807) is 31.2 Å². The van der Waals surface area contributed by atoms with Crippen molar-refractivity contribution in [1.29, 1.82) is 0 Å². The third kappa shape index (κ3) is 3.38.